The molecule has 0 amide bonds. The van der Waals surface area contributed by atoms with Crippen molar-refractivity contribution in [2.75, 3.05) is 26.4 Å². The third-order valence-electron chi connectivity index (χ3n) is 11.0. The first-order valence-electron chi connectivity index (χ1n) is 24.8. The van der Waals surface area contributed by atoms with Gasteiger partial charge >= 0.3 is 27.6 Å². The summed E-state index contributed by atoms with van der Waals surface area (Å²) in [5.74, 6) is -1.01. The van der Waals surface area contributed by atoms with Crippen molar-refractivity contribution in [3.8, 4) is 0 Å². The molecule has 396 valence electrons. The number of esters is 2. The van der Waals surface area contributed by atoms with E-state index in [1.54, 1.807) is 0 Å². The van der Waals surface area contributed by atoms with Gasteiger partial charge in [0, 0.05) is 12.8 Å². The first-order chi connectivity index (χ1) is 32.5. The zero-order chi connectivity index (χ0) is 50.5. The van der Waals surface area contributed by atoms with Gasteiger partial charge < -0.3 is 54.4 Å². The lowest BCUT2D eigenvalue weighted by Gasteiger charge is -2.43. The molecule has 0 heterocycles. The summed E-state index contributed by atoms with van der Waals surface area (Å²) in [6.07, 6.45) is 24.7. The summed E-state index contributed by atoms with van der Waals surface area (Å²) in [4.78, 5) is 53.8. The highest BCUT2D eigenvalue weighted by molar-refractivity contribution is 7.47. The molecule has 68 heavy (non-hydrogen) atoms. The second-order valence-electron chi connectivity index (χ2n) is 17.3. The van der Waals surface area contributed by atoms with Crippen LogP contribution in [0.1, 0.15) is 168 Å². The van der Waals surface area contributed by atoms with Gasteiger partial charge in [-0.2, -0.15) is 0 Å². The van der Waals surface area contributed by atoms with E-state index in [0.29, 0.717) is 12.8 Å². The van der Waals surface area contributed by atoms with Crippen molar-refractivity contribution >= 4 is 27.6 Å². The smallest absolute Gasteiger partial charge is 0.462 e. The van der Waals surface area contributed by atoms with Crippen LogP contribution in [0.4, 0.5) is 0 Å². The van der Waals surface area contributed by atoms with Crippen molar-refractivity contribution in [1.82, 2.24) is 0 Å². The molecule has 0 spiro atoms. The zero-order valence-electron chi connectivity index (χ0n) is 40.6. The molecule has 8 N–H and O–H groups in total. The van der Waals surface area contributed by atoms with Crippen LogP contribution >= 0.6 is 15.6 Å². The maximum atomic E-state index is 12.8. The van der Waals surface area contributed by atoms with Crippen molar-refractivity contribution in [1.29, 1.82) is 0 Å². The Morgan fingerprint density at radius 3 is 1.53 bits per heavy atom. The number of phosphoric acid groups is 2. The van der Waals surface area contributed by atoms with Crippen molar-refractivity contribution in [3.63, 3.8) is 0 Å². The Balaban J connectivity index is 2.60. The van der Waals surface area contributed by atoms with E-state index in [9.17, 15) is 49.1 Å². The van der Waals surface area contributed by atoms with E-state index in [2.05, 4.69) is 67.0 Å². The molecule has 1 aliphatic rings. The van der Waals surface area contributed by atoms with Crippen molar-refractivity contribution in [2.24, 2.45) is 0 Å². The summed E-state index contributed by atoms with van der Waals surface area (Å²) in [5, 5.41) is 51.2. The molecule has 0 bridgehead atoms. The first kappa shape index (κ1) is 63.9. The van der Waals surface area contributed by atoms with Crippen LogP contribution in [0.5, 0.6) is 0 Å². The lowest BCUT2D eigenvalue weighted by Crippen LogP contribution is -2.64. The summed E-state index contributed by atoms with van der Waals surface area (Å²) in [6.45, 7) is 2.32. The average Bonchev–Trinajstić information content (AvgIpc) is 3.29. The minimum absolute atomic E-state index is 0.136. The van der Waals surface area contributed by atoms with Crippen molar-refractivity contribution in [3.05, 3.63) is 48.6 Å². The van der Waals surface area contributed by atoms with Crippen LogP contribution < -0.4 is 0 Å². The van der Waals surface area contributed by atoms with E-state index in [4.69, 9.17) is 33.0 Å². The van der Waals surface area contributed by atoms with E-state index in [1.165, 1.54) is 57.8 Å². The monoisotopic (exact) mass is 1010 g/mol. The molecule has 0 saturated heterocycles. The average molecular weight is 1010 g/mol. The third-order valence-corrected chi connectivity index (χ3v) is 12.5. The highest BCUT2D eigenvalue weighted by Gasteiger charge is 2.54. The van der Waals surface area contributed by atoms with Crippen LogP contribution in [0.15, 0.2) is 48.6 Å². The standard InChI is InChI=1S/C48H86O18P2/c1-3-5-7-9-11-13-15-17-19-21-23-25-27-29-31-33-41(50)62-38-40(64-42(51)34-32-30-28-26-24-22-20-18-16-14-12-10-8-6-4-2)37-61-35-39(49)36-63-68(59,60)66-48-45(54)43(52)44(53)47(46(48)55)65-67(56,57)58/h11,13,17-20,23,25,39-40,43-49,52-55H,3-10,12,14-16,21-22,24,26-38H2,1-2H3,(H,59,60)(H2,56,57,58). The van der Waals surface area contributed by atoms with E-state index in [-0.39, 0.29) is 26.1 Å². The van der Waals surface area contributed by atoms with Gasteiger partial charge in [0.15, 0.2) is 6.10 Å². The minimum Gasteiger partial charge on any atom is -0.462 e. The number of ether oxygens (including phenoxy) is 3. The van der Waals surface area contributed by atoms with E-state index in [0.717, 1.165) is 70.6 Å². The number of aliphatic hydroxyl groups excluding tert-OH is 5. The molecule has 0 radical (unpaired) electrons. The predicted molar refractivity (Wildman–Crippen MR) is 258 cm³/mol. The molecule has 9 unspecified atom stereocenters. The predicted octanol–water partition coefficient (Wildman–Crippen LogP) is 7.88. The van der Waals surface area contributed by atoms with Gasteiger partial charge in [0.25, 0.3) is 0 Å². The van der Waals surface area contributed by atoms with Crippen molar-refractivity contribution in [2.45, 2.75) is 217 Å². The lowest BCUT2D eigenvalue weighted by atomic mass is 9.85. The van der Waals surface area contributed by atoms with Crippen LogP contribution in [-0.4, -0.2) is 127 Å². The number of rotatable bonds is 42. The normalized spacial score (nSPS) is 22.1. The van der Waals surface area contributed by atoms with E-state index < -0.39 is 89.6 Å². The summed E-state index contributed by atoms with van der Waals surface area (Å²) in [5.41, 5.74) is 0. The number of carbonyl (C=O) groups excluding carboxylic acids is 2. The molecule has 0 aromatic carbocycles. The number of phosphoric ester groups is 2. The highest BCUT2D eigenvalue weighted by atomic mass is 31.2. The number of aliphatic hydroxyl groups is 5. The summed E-state index contributed by atoms with van der Waals surface area (Å²) in [7, 11) is -10.6. The van der Waals surface area contributed by atoms with Crippen LogP contribution in [-0.2, 0) is 46.5 Å². The van der Waals surface area contributed by atoms with Crippen LogP contribution in [0.2, 0.25) is 0 Å². The Bertz CT molecular complexity index is 1520. The van der Waals surface area contributed by atoms with Gasteiger partial charge in [0.05, 0.1) is 19.8 Å². The fourth-order valence-corrected chi connectivity index (χ4v) is 8.66. The molecule has 0 aromatic heterocycles. The Labute approximate surface area is 405 Å². The Hall–Kier alpha value is -2.12. The highest BCUT2D eigenvalue weighted by Crippen LogP contribution is 2.48. The molecule has 1 aliphatic carbocycles. The fourth-order valence-electron chi connectivity index (χ4n) is 7.12. The van der Waals surface area contributed by atoms with E-state index >= 15 is 0 Å². The third kappa shape index (κ3) is 33.5. The fraction of sp³-hybridized carbons (Fsp3) is 0.792. The Morgan fingerprint density at radius 2 is 0.956 bits per heavy atom. The number of allylic oxidation sites excluding steroid dienone is 8. The topological polar surface area (TPSA) is 285 Å². The minimum atomic E-state index is -5.36. The summed E-state index contributed by atoms with van der Waals surface area (Å²) < 4.78 is 54.2. The SMILES string of the molecule is CCCCCC=CCC=CCC=CCCCCC(=O)OCC(COCC(O)COP(=O)(O)OC1C(O)C(O)C(O)C(OP(=O)(O)O)C1O)OC(=O)CCCCCCCC=CCCCCCCCC. The quantitative estimate of drug-likeness (QED) is 0.0125. The van der Waals surface area contributed by atoms with Gasteiger partial charge in [-0.25, -0.2) is 9.13 Å². The molecule has 1 fully saturated rings. The van der Waals surface area contributed by atoms with Crippen LogP contribution in [0.3, 0.4) is 0 Å². The second kappa shape index (κ2) is 39.5. The van der Waals surface area contributed by atoms with Gasteiger partial charge in [-0.3, -0.25) is 23.2 Å². The molecule has 1 rings (SSSR count). The molecule has 18 nitrogen and oxygen atoms in total. The van der Waals surface area contributed by atoms with Crippen LogP contribution in [0.25, 0.3) is 0 Å². The first-order valence-corrected chi connectivity index (χ1v) is 27.9. The van der Waals surface area contributed by atoms with Gasteiger partial charge in [0.2, 0.25) is 0 Å². The Kier molecular flexibility index (Phi) is 37.1. The lowest BCUT2D eigenvalue weighted by molar-refractivity contribution is -0.216. The maximum Gasteiger partial charge on any atom is 0.472 e. The summed E-state index contributed by atoms with van der Waals surface area (Å²) in [6, 6.07) is 0. The molecule has 20 heteroatoms. The van der Waals surface area contributed by atoms with Gasteiger partial charge in [-0.15, -0.1) is 0 Å². The summed E-state index contributed by atoms with van der Waals surface area (Å²) >= 11 is 0. The van der Waals surface area contributed by atoms with Gasteiger partial charge in [0.1, 0.15) is 49.3 Å². The molecular formula is C48H86O18P2. The maximum absolute atomic E-state index is 12.8. The zero-order valence-corrected chi connectivity index (χ0v) is 42.4. The van der Waals surface area contributed by atoms with Crippen molar-refractivity contribution < 1.29 is 86.7 Å². The number of carbonyl (C=O) groups is 2. The molecule has 0 aliphatic heterocycles. The second-order valence-corrected chi connectivity index (χ2v) is 19.9. The largest absolute Gasteiger partial charge is 0.472 e. The number of unbranched alkanes of at least 4 members (excludes halogenated alkanes) is 16. The van der Waals surface area contributed by atoms with Crippen LogP contribution in [0, 0.1) is 0 Å². The van der Waals surface area contributed by atoms with E-state index in [1.807, 2.05) is 0 Å². The molecular weight excluding hydrogens is 926 g/mol. The number of hydrogen-bond donors (Lipinski definition) is 8. The van der Waals surface area contributed by atoms with Gasteiger partial charge in [-0.1, -0.05) is 127 Å². The number of hydrogen-bond acceptors (Lipinski definition) is 15. The molecule has 9 atom stereocenters. The van der Waals surface area contributed by atoms with Gasteiger partial charge in [-0.05, 0) is 77.0 Å². The molecule has 1 saturated carbocycles. The molecule has 0 aromatic rings. The Morgan fingerprint density at radius 1 is 0.515 bits per heavy atom.